The molecule has 1 aromatic heterocycles. The van der Waals surface area contributed by atoms with Crippen LogP contribution in [0.4, 0.5) is 0 Å². The molecule has 1 N–H and O–H groups in total. The molecule has 1 aromatic carbocycles. The first-order valence-electron chi connectivity index (χ1n) is 8.37. The first-order valence-corrected chi connectivity index (χ1v) is 10.7. The maximum Gasteiger partial charge on any atom is 0.253 e. The quantitative estimate of drug-likeness (QED) is 0.869. The third kappa shape index (κ3) is 4.48. The predicted octanol–water partition coefficient (Wildman–Crippen LogP) is 3.10. The van der Waals surface area contributed by atoms with Gasteiger partial charge in [-0.1, -0.05) is 19.1 Å². The molecular weight excluding hydrogens is 356 g/mol. The van der Waals surface area contributed by atoms with Gasteiger partial charge in [0.1, 0.15) is 0 Å². The fourth-order valence-corrected chi connectivity index (χ4v) is 4.80. The first kappa shape index (κ1) is 18.1. The molecule has 7 heteroatoms. The maximum absolute atomic E-state index is 12.7. The van der Waals surface area contributed by atoms with Gasteiger partial charge in [0.05, 0.1) is 4.90 Å². The molecule has 1 fully saturated rings. The second kappa shape index (κ2) is 7.68. The summed E-state index contributed by atoms with van der Waals surface area (Å²) >= 11 is 1.50. The van der Waals surface area contributed by atoms with Crippen LogP contribution in [0.2, 0.25) is 0 Å². The van der Waals surface area contributed by atoms with E-state index >= 15 is 0 Å². The predicted molar refractivity (Wildman–Crippen MR) is 99.1 cm³/mol. The summed E-state index contributed by atoms with van der Waals surface area (Å²) in [6.07, 6.45) is 2.12. The molecule has 0 saturated carbocycles. The van der Waals surface area contributed by atoms with Crippen molar-refractivity contribution < 1.29 is 13.2 Å². The Labute approximate surface area is 152 Å². The fraction of sp³-hybridized carbons (Fsp3) is 0.389. The molecule has 1 atom stereocenters. The number of hydrogen-bond acceptors (Lipinski definition) is 4. The minimum Gasteiger partial charge on any atom is -0.338 e. The Bertz CT molecular complexity index is 832. The lowest BCUT2D eigenvalue weighted by Gasteiger charge is -2.31. The van der Waals surface area contributed by atoms with E-state index in [9.17, 15) is 13.2 Å². The van der Waals surface area contributed by atoms with Crippen LogP contribution in [-0.2, 0) is 16.6 Å². The SMILES string of the molecule is CC1CCCN(C(=O)c2cccc(S(=O)(=O)NCc3cccs3)c2)C1. The average Bonchev–Trinajstić information content (AvgIpc) is 3.13. The number of benzene rings is 1. The lowest BCUT2D eigenvalue weighted by Crippen LogP contribution is -2.39. The van der Waals surface area contributed by atoms with E-state index in [0.29, 0.717) is 11.5 Å². The van der Waals surface area contributed by atoms with E-state index in [0.717, 1.165) is 30.8 Å². The molecule has 1 aliphatic heterocycles. The van der Waals surface area contributed by atoms with Crippen LogP contribution in [0.1, 0.15) is 35.0 Å². The molecule has 1 saturated heterocycles. The summed E-state index contributed by atoms with van der Waals surface area (Å²) in [4.78, 5) is 15.6. The molecule has 3 rings (SSSR count). The molecule has 1 unspecified atom stereocenters. The monoisotopic (exact) mass is 378 g/mol. The number of sulfonamides is 1. The number of nitrogens with one attached hydrogen (secondary N) is 1. The lowest BCUT2D eigenvalue weighted by molar-refractivity contribution is 0.0683. The smallest absolute Gasteiger partial charge is 0.253 e. The fourth-order valence-electron chi connectivity index (χ4n) is 3.02. The summed E-state index contributed by atoms with van der Waals surface area (Å²) in [5, 5.41) is 1.91. The van der Waals surface area contributed by atoms with E-state index in [1.807, 2.05) is 22.4 Å². The van der Waals surface area contributed by atoms with E-state index in [-0.39, 0.29) is 17.3 Å². The maximum atomic E-state index is 12.7. The number of carbonyl (C=O) groups is 1. The molecule has 5 nitrogen and oxygen atoms in total. The van der Waals surface area contributed by atoms with Crippen LogP contribution >= 0.6 is 11.3 Å². The standard InChI is InChI=1S/C18H22N2O3S2/c1-14-5-3-9-20(13-14)18(21)15-6-2-8-17(11-15)25(22,23)19-12-16-7-4-10-24-16/h2,4,6-8,10-11,14,19H,3,5,9,12-13H2,1H3. The number of hydrogen-bond donors (Lipinski definition) is 1. The van der Waals surface area contributed by atoms with Crippen molar-refractivity contribution in [2.75, 3.05) is 13.1 Å². The number of nitrogens with zero attached hydrogens (tertiary/aromatic N) is 1. The minimum atomic E-state index is -3.65. The molecule has 0 radical (unpaired) electrons. The van der Waals surface area contributed by atoms with Gasteiger partial charge in [0.15, 0.2) is 0 Å². The van der Waals surface area contributed by atoms with Crippen molar-refractivity contribution in [3.05, 3.63) is 52.2 Å². The van der Waals surface area contributed by atoms with Gasteiger partial charge in [-0.2, -0.15) is 0 Å². The molecule has 0 aliphatic carbocycles. The Morgan fingerprint density at radius 2 is 2.16 bits per heavy atom. The van der Waals surface area contributed by atoms with Gasteiger partial charge in [-0.05, 0) is 48.4 Å². The normalized spacial score (nSPS) is 18.3. The van der Waals surface area contributed by atoms with Crippen molar-refractivity contribution in [2.24, 2.45) is 5.92 Å². The molecule has 134 valence electrons. The van der Waals surface area contributed by atoms with Crippen molar-refractivity contribution in [1.29, 1.82) is 0 Å². The molecule has 0 spiro atoms. The average molecular weight is 379 g/mol. The second-order valence-corrected chi connectivity index (χ2v) is 9.23. The third-order valence-corrected chi connectivity index (χ3v) is 6.63. The number of amides is 1. The van der Waals surface area contributed by atoms with Crippen molar-refractivity contribution in [3.8, 4) is 0 Å². The van der Waals surface area contributed by atoms with Crippen molar-refractivity contribution in [2.45, 2.75) is 31.2 Å². The summed E-state index contributed by atoms with van der Waals surface area (Å²) in [6.45, 7) is 3.85. The Hall–Kier alpha value is -1.70. The Balaban J connectivity index is 1.75. The van der Waals surface area contributed by atoms with Crippen molar-refractivity contribution in [3.63, 3.8) is 0 Å². The van der Waals surface area contributed by atoms with Gasteiger partial charge < -0.3 is 4.90 Å². The van der Waals surface area contributed by atoms with Gasteiger partial charge in [0, 0.05) is 30.1 Å². The molecule has 2 aromatic rings. The first-order chi connectivity index (χ1) is 12.0. The van der Waals surface area contributed by atoms with Crippen molar-refractivity contribution >= 4 is 27.3 Å². The molecule has 25 heavy (non-hydrogen) atoms. The van der Waals surface area contributed by atoms with E-state index < -0.39 is 10.0 Å². The summed E-state index contributed by atoms with van der Waals surface area (Å²) in [7, 11) is -3.65. The minimum absolute atomic E-state index is 0.0955. The van der Waals surface area contributed by atoms with Crippen molar-refractivity contribution in [1.82, 2.24) is 9.62 Å². The van der Waals surface area contributed by atoms with Crippen LogP contribution in [-0.4, -0.2) is 32.3 Å². The van der Waals surface area contributed by atoms with Crippen LogP contribution in [0.5, 0.6) is 0 Å². The Morgan fingerprint density at radius 3 is 2.88 bits per heavy atom. The van der Waals surface area contributed by atoms with E-state index in [2.05, 4.69) is 11.6 Å². The van der Waals surface area contributed by atoms with Gasteiger partial charge in [0.2, 0.25) is 10.0 Å². The highest BCUT2D eigenvalue weighted by Gasteiger charge is 2.23. The zero-order valence-electron chi connectivity index (χ0n) is 14.1. The molecule has 0 bridgehead atoms. The summed E-state index contributed by atoms with van der Waals surface area (Å²) in [5.74, 6) is 0.388. The van der Waals surface area contributed by atoms with Gasteiger partial charge in [-0.25, -0.2) is 13.1 Å². The van der Waals surface area contributed by atoms with Crippen LogP contribution in [0, 0.1) is 5.92 Å². The summed E-state index contributed by atoms with van der Waals surface area (Å²) in [6, 6.07) is 10.1. The lowest BCUT2D eigenvalue weighted by atomic mass is 9.99. The van der Waals surface area contributed by atoms with Crippen LogP contribution in [0.15, 0.2) is 46.7 Å². The topological polar surface area (TPSA) is 66.5 Å². The zero-order valence-corrected chi connectivity index (χ0v) is 15.8. The second-order valence-electron chi connectivity index (χ2n) is 6.43. The third-order valence-electron chi connectivity index (χ3n) is 4.35. The van der Waals surface area contributed by atoms with Gasteiger partial charge in [-0.15, -0.1) is 11.3 Å². The van der Waals surface area contributed by atoms with E-state index in [1.54, 1.807) is 12.1 Å². The van der Waals surface area contributed by atoms with E-state index in [4.69, 9.17) is 0 Å². The highest BCUT2D eigenvalue weighted by atomic mass is 32.2. The van der Waals surface area contributed by atoms with E-state index in [1.165, 1.54) is 23.5 Å². The number of rotatable bonds is 5. The highest BCUT2D eigenvalue weighted by Crippen LogP contribution is 2.20. The zero-order chi connectivity index (χ0) is 17.9. The largest absolute Gasteiger partial charge is 0.338 e. The van der Waals surface area contributed by atoms with Gasteiger partial charge >= 0.3 is 0 Å². The molecule has 1 amide bonds. The van der Waals surface area contributed by atoms with Gasteiger partial charge in [-0.3, -0.25) is 4.79 Å². The van der Waals surface area contributed by atoms with Crippen LogP contribution < -0.4 is 4.72 Å². The molecular formula is C18H22N2O3S2. The highest BCUT2D eigenvalue weighted by molar-refractivity contribution is 7.89. The van der Waals surface area contributed by atoms with Gasteiger partial charge in [0.25, 0.3) is 5.91 Å². The Kier molecular flexibility index (Phi) is 5.56. The number of thiophene rings is 1. The molecule has 2 heterocycles. The summed E-state index contributed by atoms with van der Waals surface area (Å²) in [5.41, 5.74) is 0.424. The molecule has 1 aliphatic rings. The Morgan fingerprint density at radius 1 is 1.32 bits per heavy atom. The summed E-state index contributed by atoms with van der Waals surface area (Å²) < 4.78 is 27.6. The number of likely N-dealkylation sites (tertiary alicyclic amines) is 1. The number of piperidine rings is 1. The van der Waals surface area contributed by atoms with Crippen LogP contribution in [0.25, 0.3) is 0 Å². The number of carbonyl (C=O) groups excluding carboxylic acids is 1. The van der Waals surface area contributed by atoms with Crippen LogP contribution in [0.3, 0.4) is 0 Å².